The molecule has 0 aliphatic carbocycles. The monoisotopic (exact) mass is 406 g/mol. The minimum absolute atomic E-state index is 0.136. The van der Waals surface area contributed by atoms with E-state index in [0.29, 0.717) is 0 Å². The molecule has 0 fully saturated rings. The van der Waals surface area contributed by atoms with Crippen molar-refractivity contribution in [1.82, 2.24) is 0 Å². The Bertz CT molecular complexity index is 782. The second kappa shape index (κ2) is 14.0. The minimum atomic E-state index is 0.136. The quantitative estimate of drug-likeness (QED) is 0.443. The van der Waals surface area contributed by atoms with Gasteiger partial charge in [0.2, 0.25) is 0 Å². The third-order valence-electron chi connectivity index (χ3n) is 4.89. The molecule has 0 aliphatic rings. The van der Waals surface area contributed by atoms with Crippen molar-refractivity contribution < 1.29 is 0 Å². The van der Waals surface area contributed by atoms with Gasteiger partial charge in [0.1, 0.15) is 0 Å². The maximum absolute atomic E-state index is 3.93. The van der Waals surface area contributed by atoms with Crippen molar-refractivity contribution in [3.8, 4) is 0 Å². The number of benzene rings is 2. The van der Waals surface area contributed by atoms with Crippen molar-refractivity contribution in [2.45, 2.75) is 87.5 Å². The van der Waals surface area contributed by atoms with E-state index >= 15 is 0 Å². The SMILES string of the molecule is C=Cc1cc(/C(C)=C/c2ccccc2C)cc(C(C)(C)C)c1.CCC.CCC(C)C. The van der Waals surface area contributed by atoms with E-state index in [4.69, 9.17) is 0 Å². The Morgan fingerprint density at radius 1 is 1.00 bits per heavy atom. The molecule has 30 heavy (non-hydrogen) atoms. The van der Waals surface area contributed by atoms with Crippen molar-refractivity contribution in [2.75, 3.05) is 0 Å². The summed E-state index contributed by atoms with van der Waals surface area (Å²) in [5.41, 5.74) is 7.79. The molecule has 0 N–H and O–H groups in total. The molecule has 0 radical (unpaired) electrons. The molecular weight excluding hydrogens is 360 g/mol. The number of rotatable bonds is 4. The molecule has 0 heteroatoms. The summed E-state index contributed by atoms with van der Waals surface area (Å²) >= 11 is 0. The van der Waals surface area contributed by atoms with Crippen molar-refractivity contribution in [2.24, 2.45) is 5.92 Å². The van der Waals surface area contributed by atoms with Crippen LogP contribution in [0.2, 0.25) is 0 Å². The number of hydrogen-bond acceptors (Lipinski definition) is 0. The standard InChI is InChI=1S/C22H26.C5H12.C3H8/c1-7-18-13-20(15-21(14-18)22(4,5)6)17(3)12-19-11-9-8-10-16(19)2;1-4-5(2)3;1-3-2/h7-15H,1H2,2-6H3;5H,4H2,1-3H3;3H2,1-2H3/b17-12+;;. The summed E-state index contributed by atoms with van der Waals surface area (Å²) in [6.07, 6.45) is 6.75. The first kappa shape index (κ1) is 27.9. The molecule has 0 saturated heterocycles. The summed E-state index contributed by atoms with van der Waals surface area (Å²) in [4.78, 5) is 0. The van der Waals surface area contributed by atoms with Gasteiger partial charge in [0, 0.05) is 0 Å². The van der Waals surface area contributed by atoms with E-state index in [2.05, 4.69) is 124 Å². The molecule has 0 aromatic heterocycles. The molecule has 166 valence electrons. The van der Waals surface area contributed by atoms with Gasteiger partial charge in [0.05, 0.1) is 0 Å². The fraction of sp³-hybridized carbons (Fsp3) is 0.467. The predicted molar refractivity (Wildman–Crippen MR) is 141 cm³/mol. The Morgan fingerprint density at radius 3 is 1.97 bits per heavy atom. The van der Waals surface area contributed by atoms with Crippen molar-refractivity contribution in [3.05, 3.63) is 76.9 Å². The van der Waals surface area contributed by atoms with E-state index in [1.807, 2.05) is 6.08 Å². The zero-order valence-corrected chi connectivity index (χ0v) is 21.4. The molecule has 0 unspecified atom stereocenters. The molecule has 0 nitrogen and oxygen atoms in total. The first-order valence-corrected chi connectivity index (χ1v) is 11.5. The van der Waals surface area contributed by atoms with E-state index in [0.717, 1.165) is 5.92 Å². The number of hydrogen-bond donors (Lipinski definition) is 0. The zero-order valence-electron chi connectivity index (χ0n) is 21.4. The summed E-state index contributed by atoms with van der Waals surface area (Å²) in [7, 11) is 0. The van der Waals surface area contributed by atoms with Crippen LogP contribution in [0.1, 0.15) is 103 Å². The highest BCUT2D eigenvalue weighted by Gasteiger charge is 2.15. The highest BCUT2D eigenvalue weighted by molar-refractivity contribution is 5.82. The zero-order chi connectivity index (χ0) is 23.3. The van der Waals surface area contributed by atoms with Crippen LogP contribution in [0.3, 0.4) is 0 Å². The van der Waals surface area contributed by atoms with Crippen LogP contribution in [-0.2, 0) is 5.41 Å². The lowest BCUT2D eigenvalue weighted by molar-refractivity contribution is 0.590. The van der Waals surface area contributed by atoms with Crippen molar-refractivity contribution >= 4 is 17.7 Å². The fourth-order valence-electron chi connectivity index (χ4n) is 2.50. The third kappa shape index (κ3) is 10.6. The maximum atomic E-state index is 3.93. The van der Waals surface area contributed by atoms with Gasteiger partial charge in [0.15, 0.2) is 0 Å². The molecule has 0 atom stereocenters. The molecule has 0 saturated carbocycles. The van der Waals surface area contributed by atoms with Crippen LogP contribution in [0.5, 0.6) is 0 Å². The van der Waals surface area contributed by atoms with E-state index in [9.17, 15) is 0 Å². The summed E-state index contributed by atoms with van der Waals surface area (Å²) in [5, 5.41) is 0. The second-order valence-corrected chi connectivity index (χ2v) is 9.49. The van der Waals surface area contributed by atoms with E-state index in [-0.39, 0.29) is 5.41 Å². The lowest BCUT2D eigenvalue weighted by Gasteiger charge is -2.21. The van der Waals surface area contributed by atoms with Crippen LogP contribution >= 0.6 is 0 Å². The molecule has 0 bridgehead atoms. The first-order valence-electron chi connectivity index (χ1n) is 11.5. The Labute approximate surface area is 188 Å². The van der Waals surface area contributed by atoms with Crippen molar-refractivity contribution in [1.29, 1.82) is 0 Å². The van der Waals surface area contributed by atoms with Gasteiger partial charge in [-0.15, -0.1) is 0 Å². The fourth-order valence-corrected chi connectivity index (χ4v) is 2.50. The van der Waals surface area contributed by atoms with Crippen LogP contribution in [0.15, 0.2) is 49.0 Å². The van der Waals surface area contributed by atoms with Gasteiger partial charge < -0.3 is 0 Å². The van der Waals surface area contributed by atoms with Crippen LogP contribution in [0, 0.1) is 12.8 Å². The Kier molecular flexibility index (Phi) is 13.0. The molecule has 0 aliphatic heterocycles. The highest BCUT2D eigenvalue weighted by atomic mass is 14.2. The number of aryl methyl sites for hydroxylation is 1. The third-order valence-corrected chi connectivity index (χ3v) is 4.89. The van der Waals surface area contributed by atoms with Crippen LogP contribution in [0.4, 0.5) is 0 Å². The topological polar surface area (TPSA) is 0 Å². The van der Waals surface area contributed by atoms with Gasteiger partial charge in [-0.05, 0) is 64.6 Å². The van der Waals surface area contributed by atoms with Crippen molar-refractivity contribution in [3.63, 3.8) is 0 Å². The van der Waals surface area contributed by atoms with Crippen LogP contribution in [-0.4, -0.2) is 0 Å². The Hall–Kier alpha value is -2.08. The summed E-state index contributed by atoms with van der Waals surface area (Å²) < 4.78 is 0. The van der Waals surface area contributed by atoms with Gasteiger partial charge in [-0.25, -0.2) is 0 Å². The predicted octanol–water partition coefficient (Wildman–Crippen LogP) is 9.96. The summed E-state index contributed by atoms with van der Waals surface area (Å²) in [5.74, 6) is 0.884. The number of allylic oxidation sites excluding steroid dienone is 1. The van der Waals surface area contributed by atoms with E-state index in [1.54, 1.807) is 0 Å². The maximum Gasteiger partial charge on any atom is -0.0131 e. The van der Waals surface area contributed by atoms with Gasteiger partial charge in [-0.2, -0.15) is 0 Å². The lowest BCUT2D eigenvalue weighted by atomic mass is 9.84. The average Bonchev–Trinajstić information content (AvgIpc) is 2.69. The second-order valence-electron chi connectivity index (χ2n) is 9.49. The molecule has 2 aromatic carbocycles. The highest BCUT2D eigenvalue weighted by Crippen LogP contribution is 2.28. The lowest BCUT2D eigenvalue weighted by Crippen LogP contribution is -2.11. The van der Waals surface area contributed by atoms with E-state index in [1.165, 1.54) is 46.2 Å². The van der Waals surface area contributed by atoms with Crippen LogP contribution in [0.25, 0.3) is 17.7 Å². The largest absolute Gasteiger partial charge is 0.0985 e. The molecular formula is C30H46. The smallest absolute Gasteiger partial charge is 0.0131 e. The molecule has 0 amide bonds. The van der Waals surface area contributed by atoms with Gasteiger partial charge >= 0.3 is 0 Å². The van der Waals surface area contributed by atoms with Crippen LogP contribution < -0.4 is 0 Å². The molecule has 0 heterocycles. The first-order chi connectivity index (χ1) is 14.0. The summed E-state index contributed by atoms with van der Waals surface area (Å²) in [6, 6.07) is 15.2. The summed E-state index contributed by atoms with van der Waals surface area (Å²) in [6.45, 7) is 25.9. The Balaban J connectivity index is 0.000000902. The molecule has 0 spiro atoms. The Morgan fingerprint density at radius 2 is 1.53 bits per heavy atom. The normalized spacial score (nSPS) is 11.2. The van der Waals surface area contributed by atoms with Gasteiger partial charge in [-0.1, -0.05) is 123 Å². The molecule has 2 aromatic rings. The van der Waals surface area contributed by atoms with Gasteiger partial charge in [-0.3, -0.25) is 0 Å². The molecule has 2 rings (SSSR count). The van der Waals surface area contributed by atoms with E-state index < -0.39 is 0 Å². The minimum Gasteiger partial charge on any atom is -0.0985 e. The van der Waals surface area contributed by atoms with Gasteiger partial charge in [0.25, 0.3) is 0 Å². The average molecular weight is 407 g/mol.